The molecule has 0 saturated heterocycles. The van der Waals surface area contributed by atoms with Crippen LogP contribution in [0, 0.1) is 5.41 Å². The minimum absolute atomic E-state index is 0.0379. The topological polar surface area (TPSA) is 85.3 Å². The second-order valence-electron chi connectivity index (χ2n) is 5.74. The third-order valence-corrected chi connectivity index (χ3v) is 4.09. The smallest absolute Gasteiger partial charge is 0.387 e. The molecule has 1 saturated carbocycles. The van der Waals surface area contributed by atoms with Gasteiger partial charge in [-0.15, -0.1) is 0 Å². The molecule has 0 radical (unpaired) electrons. The fourth-order valence-electron chi connectivity index (χ4n) is 2.63. The summed E-state index contributed by atoms with van der Waals surface area (Å²) in [5, 5.41) is 9.18. The molecule has 24 heavy (non-hydrogen) atoms. The number of nitrogens with zero attached hydrogens (tertiary/aromatic N) is 1. The van der Waals surface area contributed by atoms with Crippen molar-refractivity contribution in [2.45, 2.75) is 26.0 Å². The summed E-state index contributed by atoms with van der Waals surface area (Å²) in [5.41, 5.74) is -1.12. The van der Waals surface area contributed by atoms with Gasteiger partial charge >= 0.3 is 12.6 Å². The number of ether oxygens (including phenoxy) is 3. The lowest BCUT2D eigenvalue weighted by Crippen LogP contribution is -2.38. The van der Waals surface area contributed by atoms with Crippen LogP contribution in [-0.2, 0) is 16.1 Å². The molecular weight excluding hydrogens is 328 g/mol. The number of aliphatic carboxylic acids is 1. The Labute approximate surface area is 135 Å². The predicted octanol–water partition coefficient (Wildman–Crippen LogP) is 1.84. The van der Waals surface area contributed by atoms with Crippen LogP contribution in [-0.4, -0.2) is 42.3 Å². The maximum Gasteiger partial charge on any atom is 0.387 e. The van der Waals surface area contributed by atoms with E-state index in [1.54, 1.807) is 0 Å². The maximum atomic E-state index is 12.6. The Morgan fingerprint density at radius 2 is 1.96 bits per heavy atom. The number of benzene rings is 1. The molecule has 1 aromatic rings. The van der Waals surface area contributed by atoms with Crippen molar-refractivity contribution in [2.24, 2.45) is 5.41 Å². The average Bonchev–Trinajstić information content (AvgIpc) is 3.21. The number of carboxylic acids is 1. The predicted molar refractivity (Wildman–Crippen MR) is 75.0 cm³/mol. The lowest BCUT2D eigenvalue weighted by molar-refractivity contribution is -0.153. The normalized spacial score (nSPS) is 16.8. The molecule has 1 fully saturated rings. The number of rotatable bonds is 6. The van der Waals surface area contributed by atoms with Crippen LogP contribution in [0.25, 0.3) is 0 Å². The molecule has 0 unspecified atom stereocenters. The highest BCUT2D eigenvalue weighted by atomic mass is 19.3. The highest BCUT2D eigenvalue weighted by Crippen LogP contribution is 2.48. The van der Waals surface area contributed by atoms with E-state index < -0.39 is 23.9 Å². The van der Waals surface area contributed by atoms with Gasteiger partial charge < -0.3 is 24.2 Å². The summed E-state index contributed by atoms with van der Waals surface area (Å²) in [6.45, 7) is -3.17. The first-order chi connectivity index (χ1) is 11.3. The summed E-state index contributed by atoms with van der Waals surface area (Å²) in [6, 6.07) is 2.72. The molecule has 1 aliphatic carbocycles. The zero-order valence-electron chi connectivity index (χ0n) is 12.8. The van der Waals surface area contributed by atoms with E-state index in [0.717, 1.165) is 0 Å². The van der Waals surface area contributed by atoms with Gasteiger partial charge in [-0.1, -0.05) is 0 Å². The first-order valence-electron chi connectivity index (χ1n) is 7.20. The van der Waals surface area contributed by atoms with Gasteiger partial charge in [0.2, 0.25) is 12.7 Å². The minimum atomic E-state index is -3.04. The van der Waals surface area contributed by atoms with Crippen molar-refractivity contribution in [2.75, 3.05) is 13.8 Å². The SMILES string of the molecule is CN(Cc1cc2c(cc1OC(F)F)OCO2)C(=O)C1(C(=O)O)CC1. The Bertz CT molecular complexity index is 689. The van der Waals surface area contributed by atoms with E-state index in [9.17, 15) is 23.5 Å². The van der Waals surface area contributed by atoms with Crippen molar-refractivity contribution in [3.8, 4) is 17.2 Å². The van der Waals surface area contributed by atoms with Gasteiger partial charge in [0, 0.05) is 25.2 Å². The van der Waals surface area contributed by atoms with E-state index in [-0.39, 0.29) is 43.2 Å². The van der Waals surface area contributed by atoms with Gasteiger partial charge in [0.1, 0.15) is 11.2 Å². The molecule has 1 N–H and O–H groups in total. The second-order valence-corrected chi connectivity index (χ2v) is 5.74. The Hall–Kier alpha value is -2.58. The zero-order chi connectivity index (χ0) is 17.5. The van der Waals surface area contributed by atoms with E-state index in [2.05, 4.69) is 4.74 Å². The van der Waals surface area contributed by atoms with E-state index in [0.29, 0.717) is 5.75 Å². The van der Waals surface area contributed by atoms with Crippen LogP contribution in [0.5, 0.6) is 17.2 Å². The van der Waals surface area contributed by atoms with Crippen molar-refractivity contribution < 1.29 is 37.7 Å². The monoisotopic (exact) mass is 343 g/mol. The number of halogens is 2. The van der Waals surface area contributed by atoms with Crippen LogP contribution < -0.4 is 14.2 Å². The third-order valence-electron chi connectivity index (χ3n) is 4.09. The molecule has 9 heteroatoms. The molecule has 0 spiro atoms. The Balaban J connectivity index is 1.83. The van der Waals surface area contributed by atoms with Crippen LogP contribution in [0.2, 0.25) is 0 Å². The van der Waals surface area contributed by atoms with E-state index in [4.69, 9.17) is 9.47 Å². The number of carboxylic acid groups (broad SMARTS) is 1. The number of hydrogen-bond acceptors (Lipinski definition) is 5. The van der Waals surface area contributed by atoms with Gasteiger partial charge in [-0.3, -0.25) is 9.59 Å². The van der Waals surface area contributed by atoms with Gasteiger partial charge in [-0.2, -0.15) is 8.78 Å². The summed E-state index contributed by atoms with van der Waals surface area (Å²) in [6.07, 6.45) is 0.542. The van der Waals surface area contributed by atoms with Crippen molar-refractivity contribution >= 4 is 11.9 Å². The van der Waals surface area contributed by atoms with Crippen molar-refractivity contribution in [1.82, 2.24) is 4.90 Å². The highest BCUT2D eigenvalue weighted by Gasteiger charge is 2.58. The second kappa shape index (κ2) is 5.81. The summed E-state index contributed by atoms with van der Waals surface area (Å²) >= 11 is 0. The molecule has 1 aliphatic heterocycles. The van der Waals surface area contributed by atoms with E-state index in [1.165, 1.54) is 24.1 Å². The first-order valence-corrected chi connectivity index (χ1v) is 7.20. The third kappa shape index (κ3) is 2.81. The van der Waals surface area contributed by atoms with Gasteiger partial charge in [0.25, 0.3) is 0 Å². The van der Waals surface area contributed by atoms with Gasteiger partial charge in [-0.25, -0.2) is 0 Å². The lowest BCUT2D eigenvalue weighted by atomic mass is 10.1. The molecular formula is C15H15F2NO6. The molecule has 7 nitrogen and oxygen atoms in total. The van der Waals surface area contributed by atoms with Gasteiger partial charge in [-0.05, 0) is 18.9 Å². The fourth-order valence-corrected chi connectivity index (χ4v) is 2.63. The summed E-state index contributed by atoms with van der Waals surface area (Å²) < 4.78 is 40.0. The maximum absolute atomic E-state index is 12.6. The Morgan fingerprint density at radius 3 is 2.50 bits per heavy atom. The quantitative estimate of drug-likeness (QED) is 0.794. The average molecular weight is 343 g/mol. The van der Waals surface area contributed by atoms with Crippen LogP contribution in [0.3, 0.4) is 0 Å². The van der Waals surface area contributed by atoms with E-state index >= 15 is 0 Å². The van der Waals surface area contributed by atoms with Crippen molar-refractivity contribution in [3.63, 3.8) is 0 Å². The molecule has 130 valence electrons. The van der Waals surface area contributed by atoms with Crippen LogP contribution in [0.1, 0.15) is 18.4 Å². The van der Waals surface area contributed by atoms with Crippen LogP contribution in [0.15, 0.2) is 12.1 Å². The fraction of sp³-hybridized carbons (Fsp3) is 0.467. The minimum Gasteiger partial charge on any atom is -0.480 e. The Morgan fingerprint density at radius 1 is 1.33 bits per heavy atom. The summed E-state index contributed by atoms with van der Waals surface area (Å²) in [7, 11) is 1.42. The van der Waals surface area contributed by atoms with Crippen molar-refractivity contribution in [1.29, 1.82) is 0 Å². The van der Waals surface area contributed by atoms with E-state index in [1.807, 2.05) is 0 Å². The standard InChI is InChI=1S/C15H15F2NO6/c1-18(12(19)15(2-3-15)13(20)21)6-8-4-10-11(23-7-22-10)5-9(8)24-14(16)17/h4-5,14H,2-3,6-7H2,1H3,(H,20,21). The molecule has 1 heterocycles. The first kappa shape index (κ1) is 16.3. The summed E-state index contributed by atoms with van der Waals surface area (Å²) in [5.74, 6) is -1.25. The van der Waals surface area contributed by atoms with Gasteiger partial charge in [0.05, 0.1) is 0 Å². The molecule has 2 aliphatic rings. The number of amides is 1. The molecule has 1 amide bonds. The van der Waals surface area contributed by atoms with Gasteiger partial charge in [0.15, 0.2) is 11.5 Å². The number of carbonyl (C=O) groups excluding carboxylic acids is 1. The number of carbonyl (C=O) groups is 2. The molecule has 0 atom stereocenters. The Kier molecular flexibility index (Phi) is 3.94. The molecule has 3 rings (SSSR count). The molecule has 0 aromatic heterocycles. The molecule has 0 bridgehead atoms. The van der Waals surface area contributed by atoms with Crippen LogP contribution in [0.4, 0.5) is 8.78 Å². The zero-order valence-corrected chi connectivity index (χ0v) is 12.8. The van der Waals surface area contributed by atoms with Crippen molar-refractivity contribution in [3.05, 3.63) is 17.7 Å². The number of alkyl halides is 2. The van der Waals surface area contributed by atoms with Crippen LogP contribution >= 0.6 is 0 Å². The largest absolute Gasteiger partial charge is 0.480 e. The summed E-state index contributed by atoms with van der Waals surface area (Å²) in [4.78, 5) is 24.8. The number of fused-ring (bicyclic) bond motifs is 1. The highest BCUT2D eigenvalue weighted by molar-refractivity contribution is 6.04. The molecule has 1 aromatic carbocycles. The lowest BCUT2D eigenvalue weighted by Gasteiger charge is -2.22. The number of hydrogen-bond donors (Lipinski definition) is 1.